The number of aromatic hydroxyl groups is 1. The number of piperidine rings is 1. The number of likely N-dealkylation sites (tertiary alicyclic amines) is 1. The van der Waals surface area contributed by atoms with E-state index in [1.54, 1.807) is 6.07 Å². The smallest absolute Gasteiger partial charge is 0.306 e. The molecule has 0 atom stereocenters. The van der Waals surface area contributed by atoms with Crippen molar-refractivity contribution in [2.45, 2.75) is 19.3 Å². The monoisotopic (exact) mass is 277 g/mol. The van der Waals surface area contributed by atoms with Gasteiger partial charge in [0.25, 0.3) is 0 Å². The van der Waals surface area contributed by atoms with E-state index in [2.05, 4.69) is 4.90 Å². The number of aldehydes is 1. The van der Waals surface area contributed by atoms with Crippen molar-refractivity contribution in [3.05, 3.63) is 29.3 Å². The molecule has 0 aliphatic carbocycles. The van der Waals surface area contributed by atoms with E-state index in [1.807, 2.05) is 6.07 Å². The van der Waals surface area contributed by atoms with E-state index >= 15 is 0 Å². The molecule has 1 saturated heterocycles. The van der Waals surface area contributed by atoms with Crippen molar-refractivity contribution < 1.29 is 19.8 Å². The van der Waals surface area contributed by atoms with Gasteiger partial charge in [-0.15, -0.1) is 0 Å². The largest absolute Gasteiger partial charge is 0.507 e. The summed E-state index contributed by atoms with van der Waals surface area (Å²) in [6.07, 6.45) is 2.72. The molecule has 0 radical (unpaired) electrons. The van der Waals surface area contributed by atoms with Gasteiger partial charge in [-0.2, -0.15) is 0 Å². The number of carboxylic acids is 1. The van der Waals surface area contributed by atoms with Crippen molar-refractivity contribution in [2.75, 3.05) is 19.6 Å². The quantitative estimate of drug-likeness (QED) is 0.798. The van der Waals surface area contributed by atoms with Gasteiger partial charge in [0.05, 0.1) is 11.5 Å². The molecule has 0 spiro atoms. The Hall–Kier alpha value is -1.88. The molecule has 5 nitrogen and oxygen atoms in total. The molecule has 0 amide bonds. The van der Waals surface area contributed by atoms with Crippen LogP contribution in [0.3, 0.4) is 0 Å². The van der Waals surface area contributed by atoms with Crippen LogP contribution in [0, 0.1) is 5.92 Å². The third kappa shape index (κ3) is 3.36. The lowest BCUT2D eigenvalue weighted by molar-refractivity contribution is -0.143. The molecule has 0 unspecified atom stereocenters. The third-order valence-electron chi connectivity index (χ3n) is 3.93. The highest BCUT2D eigenvalue weighted by Gasteiger charge is 2.24. The predicted octanol–water partition coefficient (Wildman–Crippen LogP) is 1.54. The van der Waals surface area contributed by atoms with Crippen LogP contribution in [0.25, 0.3) is 0 Å². The van der Waals surface area contributed by atoms with Gasteiger partial charge >= 0.3 is 5.97 Å². The number of benzene rings is 1. The molecule has 0 saturated carbocycles. The van der Waals surface area contributed by atoms with Crippen LogP contribution in [-0.2, 0) is 11.2 Å². The first-order valence-corrected chi connectivity index (χ1v) is 6.83. The molecule has 108 valence electrons. The predicted molar refractivity (Wildman–Crippen MR) is 74.0 cm³/mol. The van der Waals surface area contributed by atoms with Gasteiger partial charge in [-0.05, 0) is 44.0 Å². The zero-order valence-corrected chi connectivity index (χ0v) is 11.3. The number of phenolic OH excluding ortho intramolecular Hbond substituents is 1. The molecule has 0 aromatic heterocycles. The second-order valence-electron chi connectivity index (χ2n) is 5.17. The van der Waals surface area contributed by atoms with Crippen molar-refractivity contribution >= 4 is 12.3 Å². The average Bonchev–Trinajstić information content (AvgIpc) is 2.45. The summed E-state index contributed by atoms with van der Waals surface area (Å²) < 4.78 is 0. The summed E-state index contributed by atoms with van der Waals surface area (Å²) in [5.74, 6) is -0.916. The zero-order valence-electron chi connectivity index (χ0n) is 11.3. The van der Waals surface area contributed by atoms with Crippen LogP contribution in [0.4, 0.5) is 0 Å². The first-order chi connectivity index (χ1) is 9.61. The highest BCUT2D eigenvalue weighted by atomic mass is 16.4. The minimum absolute atomic E-state index is 0.0158. The van der Waals surface area contributed by atoms with Gasteiger partial charge in [-0.1, -0.05) is 12.1 Å². The zero-order chi connectivity index (χ0) is 14.5. The molecule has 2 rings (SSSR count). The molecule has 1 aromatic rings. The molecule has 0 bridgehead atoms. The van der Waals surface area contributed by atoms with Gasteiger partial charge in [0, 0.05) is 6.54 Å². The maximum atomic E-state index is 11.0. The third-order valence-corrected chi connectivity index (χ3v) is 3.93. The Labute approximate surface area is 117 Å². The van der Waals surface area contributed by atoms with Gasteiger partial charge < -0.3 is 15.1 Å². The van der Waals surface area contributed by atoms with Crippen LogP contribution in [0.2, 0.25) is 0 Å². The second kappa shape index (κ2) is 6.52. The molecule has 1 aliphatic rings. The SMILES string of the molecule is O=Cc1c(O)cccc1CCN1CCC(C(=O)O)CC1. The van der Waals surface area contributed by atoms with E-state index in [0.717, 1.165) is 25.2 Å². The fraction of sp³-hybridized carbons (Fsp3) is 0.467. The van der Waals surface area contributed by atoms with Crippen LogP contribution >= 0.6 is 0 Å². The Bertz CT molecular complexity index is 493. The van der Waals surface area contributed by atoms with Crippen LogP contribution in [0.15, 0.2) is 18.2 Å². The summed E-state index contributed by atoms with van der Waals surface area (Å²) in [5.41, 5.74) is 1.19. The standard InChI is InChI=1S/C15H19NO4/c17-10-13-11(2-1-3-14(13)18)4-7-16-8-5-12(6-9-16)15(19)20/h1-3,10,12,18H,4-9H2,(H,19,20). The van der Waals surface area contributed by atoms with Crippen LogP contribution in [0.1, 0.15) is 28.8 Å². The minimum Gasteiger partial charge on any atom is -0.507 e. The molecule has 2 N–H and O–H groups in total. The molecular formula is C15H19NO4. The summed E-state index contributed by atoms with van der Waals surface area (Å²) in [5, 5.41) is 18.6. The number of nitrogens with zero attached hydrogens (tertiary/aromatic N) is 1. The Balaban J connectivity index is 1.89. The van der Waals surface area contributed by atoms with Crippen molar-refractivity contribution in [1.29, 1.82) is 0 Å². The van der Waals surface area contributed by atoms with E-state index in [4.69, 9.17) is 5.11 Å². The Morgan fingerprint density at radius 3 is 2.65 bits per heavy atom. The van der Waals surface area contributed by atoms with E-state index in [0.29, 0.717) is 31.1 Å². The molecule has 20 heavy (non-hydrogen) atoms. The minimum atomic E-state index is -0.708. The van der Waals surface area contributed by atoms with Gasteiger partial charge in [-0.3, -0.25) is 9.59 Å². The fourth-order valence-corrected chi connectivity index (χ4v) is 2.64. The molecule has 1 fully saturated rings. The summed E-state index contributed by atoms with van der Waals surface area (Å²) in [6.45, 7) is 2.31. The van der Waals surface area contributed by atoms with Gasteiger partial charge in [0.1, 0.15) is 5.75 Å². The molecular weight excluding hydrogens is 258 g/mol. The summed E-state index contributed by atoms with van der Waals surface area (Å²) in [6, 6.07) is 5.08. The highest BCUT2D eigenvalue weighted by molar-refractivity contribution is 5.81. The number of rotatable bonds is 5. The highest BCUT2D eigenvalue weighted by Crippen LogP contribution is 2.21. The van der Waals surface area contributed by atoms with E-state index < -0.39 is 5.97 Å². The van der Waals surface area contributed by atoms with Crippen molar-refractivity contribution in [2.24, 2.45) is 5.92 Å². The van der Waals surface area contributed by atoms with Crippen molar-refractivity contribution in [3.63, 3.8) is 0 Å². The van der Waals surface area contributed by atoms with Crippen molar-refractivity contribution in [3.8, 4) is 5.75 Å². The summed E-state index contributed by atoms with van der Waals surface area (Å²) >= 11 is 0. The Kier molecular flexibility index (Phi) is 4.74. The first-order valence-electron chi connectivity index (χ1n) is 6.83. The lowest BCUT2D eigenvalue weighted by Crippen LogP contribution is -2.37. The van der Waals surface area contributed by atoms with Crippen LogP contribution in [-0.4, -0.2) is 47.0 Å². The number of aliphatic carboxylic acids is 1. The molecule has 1 aromatic carbocycles. The number of carbonyl (C=O) groups is 2. The van der Waals surface area contributed by atoms with Crippen molar-refractivity contribution in [1.82, 2.24) is 4.90 Å². The topological polar surface area (TPSA) is 77.8 Å². The van der Waals surface area contributed by atoms with E-state index in [1.165, 1.54) is 6.07 Å². The second-order valence-corrected chi connectivity index (χ2v) is 5.17. The first kappa shape index (κ1) is 14.5. The summed E-state index contributed by atoms with van der Waals surface area (Å²) in [4.78, 5) is 24.1. The number of hydrogen-bond donors (Lipinski definition) is 2. The van der Waals surface area contributed by atoms with Gasteiger partial charge in [0.2, 0.25) is 0 Å². The molecule has 1 heterocycles. The average molecular weight is 277 g/mol. The normalized spacial score (nSPS) is 17.0. The number of hydrogen-bond acceptors (Lipinski definition) is 4. The van der Waals surface area contributed by atoms with E-state index in [9.17, 15) is 14.7 Å². The maximum Gasteiger partial charge on any atom is 0.306 e. The lowest BCUT2D eigenvalue weighted by Gasteiger charge is -2.30. The Morgan fingerprint density at radius 1 is 1.35 bits per heavy atom. The maximum absolute atomic E-state index is 11.0. The summed E-state index contributed by atoms with van der Waals surface area (Å²) in [7, 11) is 0. The van der Waals surface area contributed by atoms with E-state index in [-0.39, 0.29) is 11.7 Å². The fourth-order valence-electron chi connectivity index (χ4n) is 2.64. The number of carbonyl (C=O) groups excluding carboxylic acids is 1. The van der Waals surface area contributed by atoms with Gasteiger partial charge in [-0.25, -0.2) is 0 Å². The van der Waals surface area contributed by atoms with Crippen LogP contribution < -0.4 is 0 Å². The van der Waals surface area contributed by atoms with Crippen LogP contribution in [0.5, 0.6) is 5.75 Å². The Morgan fingerprint density at radius 2 is 2.05 bits per heavy atom. The molecule has 5 heteroatoms. The number of phenols is 1. The molecule has 1 aliphatic heterocycles. The van der Waals surface area contributed by atoms with Gasteiger partial charge in [0.15, 0.2) is 6.29 Å². The number of carboxylic acid groups (broad SMARTS) is 1. The lowest BCUT2D eigenvalue weighted by atomic mass is 9.96.